The van der Waals surface area contributed by atoms with Crippen molar-refractivity contribution in [2.75, 3.05) is 0 Å². The number of hydrogen-bond acceptors (Lipinski definition) is 3. The highest BCUT2D eigenvalue weighted by atomic mass is 16.3. The Labute approximate surface area is 87.8 Å². The van der Waals surface area contributed by atoms with Crippen molar-refractivity contribution in [1.82, 2.24) is 5.01 Å². The molecule has 1 heterocycles. The van der Waals surface area contributed by atoms with E-state index in [9.17, 15) is 9.90 Å². The summed E-state index contributed by atoms with van der Waals surface area (Å²) in [7, 11) is 0. The van der Waals surface area contributed by atoms with Gasteiger partial charge in [-0.1, -0.05) is 18.2 Å². The van der Waals surface area contributed by atoms with Gasteiger partial charge in [-0.2, -0.15) is 5.10 Å². The Hall–Kier alpha value is -1.68. The third-order valence-electron chi connectivity index (χ3n) is 2.27. The highest BCUT2D eigenvalue weighted by molar-refractivity contribution is 5.94. The van der Waals surface area contributed by atoms with E-state index >= 15 is 0 Å². The van der Waals surface area contributed by atoms with Crippen LogP contribution in [0.25, 0.3) is 0 Å². The van der Waals surface area contributed by atoms with Crippen LogP contribution in [0.2, 0.25) is 0 Å². The molecule has 4 nitrogen and oxygen atoms in total. The van der Waals surface area contributed by atoms with Crippen molar-refractivity contribution >= 4 is 12.1 Å². The first-order valence-corrected chi connectivity index (χ1v) is 4.88. The molecular formula is C11H12N2O2. The number of carbonyl (C=O) groups excluding carboxylic acids is 1. The third-order valence-corrected chi connectivity index (χ3v) is 2.27. The number of rotatable bonds is 1. The number of hydrogen-bond donors (Lipinski definition) is 1. The molecule has 15 heavy (non-hydrogen) atoms. The molecule has 0 spiro atoms. The first kappa shape index (κ1) is 9.86. The number of benzene rings is 1. The molecule has 1 aromatic rings. The molecule has 1 atom stereocenters. The molecule has 2 rings (SSSR count). The number of amides is 1. The molecule has 0 unspecified atom stereocenters. The Morgan fingerprint density at radius 3 is 2.80 bits per heavy atom. The Balaban J connectivity index is 2.21. The third kappa shape index (κ3) is 2.05. The summed E-state index contributed by atoms with van der Waals surface area (Å²) in [5.41, 5.74) is 0.538. The molecule has 0 aliphatic carbocycles. The molecule has 78 valence electrons. The fourth-order valence-electron chi connectivity index (χ4n) is 1.47. The fourth-order valence-corrected chi connectivity index (χ4v) is 1.47. The molecule has 0 aromatic heterocycles. The molecule has 1 N–H and O–H groups in total. The van der Waals surface area contributed by atoms with Gasteiger partial charge in [0.2, 0.25) is 0 Å². The van der Waals surface area contributed by atoms with Crippen LogP contribution >= 0.6 is 0 Å². The van der Waals surface area contributed by atoms with Crippen LogP contribution in [0.4, 0.5) is 0 Å². The number of aliphatic hydroxyl groups is 1. The van der Waals surface area contributed by atoms with Crippen LogP contribution in [-0.4, -0.2) is 28.5 Å². The molecule has 4 heteroatoms. The topological polar surface area (TPSA) is 52.9 Å². The lowest BCUT2D eigenvalue weighted by Gasteiger charge is -2.25. The monoisotopic (exact) mass is 204 g/mol. The van der Waals surface area contributed by atoms with Gasteiger partial charge >= 0.3 is 0 Å². The SMILES string of the molecule is O=C(c1ccccc1)N1N=CCC[C@@H]1O. The van der Waals surface area contributed by atoms with Crippen LogP contribution in [0.5, 0.6) is 0 Å². The lowest BCUT2D eigenvalue weighted by Crippen LogP contribution is -2.38. The summed E-state index contributed by atoms with van der Waals surface area (Å²) >= 11 is 0. The van der Waals surface area contributed by atoms with Gasteiger partial charge < -0.3 is 5.11 Å². The van der Waals surface area contributed by atoms with E-state index in [0.29, 0.717) is 18.4 Å². The highest BCUT2D eigenvalue weighted by Gasteiger charge is 2.23. The second kappa shape index (κ2) is 4.23. The molecule has 1 amide bonds. The van der Waals surface area contributed by atoms with Gasteiger partial charge in [0.1, 0.15) is 0 Å². The van der Waals surface area contributed by atoms with Gasteiger partial charge in [-0.25, -0.2) is 5.01 Å². The van der Waals surface area contributed by atoms with Crippen LogP contribution in [0, 0.1) is 0 Å². The maximum atomic E-state index is 11.9. The summed E-state index contributed by atoms with van der Waals surface area (Å²) in [5.74, 6) is -0.265. The van der Waals surface area contributed by atoms with Crippen LogP contribution in [0.15, 0.2) is 35.4 Å². The number of aliphatic hydroxyl groups excluding tert-OH is 1. The smallest absolute Gasteiger partial charge is 0.276 e. The lowest BCUT2D eigenvalue weighted by molar-refractivity contribution is 0.00168. The van der Waals surface area contributed by atoms with Crippen molar-refractivity contribution in [3.63, 3.8) is 0 Å². The van der Waals surface area contributed by atoms with E-state index in [1.165, 1.54) is 0 Å². The van der Waals surface area contributed by atoms with Crippen LogP contribution in [0.1, 0.15) is 23.2 Å². The molecule has 0 radical (unpaired) electrons. The van der Waals surface area contributed by atoms with E-state index < -0.39 is 6.23 Å². The van der Waals surface area contributed by atoms with Gasteiger partial charge in [-0.05, 0) is 25.0 Å². The number of nitrogens with zero attached hydrogens (tertiary/aromatic N) is 2. The molecule has 0 saturated heterocycles. The van der Waals surface area contributed by atoms with Crippen molar-refractivity contribution in [3.8, 4) is 0 Å². The molecule has 0 saturated carbocycles. The van der Waals surface area contributed by atoms with Crippen molar-refractivity contribution in [1.29, 1.82) is 0 Å². The molecule has 0 bridgehead atoms. The van der Waals surface area contributed by atoms with Crippen LogP contribution in [0.3, 0.4) is 0 Å². The summed E-state index contributed by atoms with van der Waals surface area (Å²) in [4.78, 5) is 11.9. The zero-order valence-electron chi connectivity index (χ0n) is 8.21. The van der Waals surface area contributed by atoms with Crippen molar-refractivity contribution in [3.05, 3.63) is 35.9 Å². The normalized spacial score (nSPS) is 20.3. The van der Waals surface area contributed by atoms with Crippen LogP contribution < -0.4 is 0 Å². The minimum atomic E-state index is -0.803. The Morgan fingerprint density at radius 1 is 1.40 bits per heavy atom. The maximum Gasteiger partial charge on any atom is 0.276 e. The highest BCUT2D eigenvalue weighted by Crippen LogP contribution is 2.13. The Bertz CT molecular complexity index is 375. The molecule has 1 aliphatic rings. The first-order valence-electron chi connectivity index (χ1n) is 4.88. The van der Waals surface area contributed by atoms with Gasteiger partial charge in [0.15, 0.2) is 6.23 Å². The minimum absolute atomic E-state index is 0.265. The largest absolute Gasteiger partial charge is 0.372 e. The van der Waals surface area contributed by atoms with Gasteiger partial charge in [-0.3, -0.25) is 4.79 Å². The average molecular weight is 204 g/mol. The summed E-state index contributed by atoms with van der Waals surface area (Å²) in [6.45, 7) is 0. The van der Waals surface area contributed by atoms with Crippen LogP contribution in [-0.2, 0) is 0 Å². The van der Waals surface area contributed by atoms with E-state index in [-0.39, 0.29) is 5.91 Å². The number of carbonyl (C=O) groups is 1. The van der Waals surface area contributed by atoms with Crippen molar-refractivity contribution in [2.24, 2.45) is 5.10 Å². The summed E-state index contributed by atoms with van der Waals surface area (Å²) in [6.07, 6.45) is 2.10. The quantitative estimate of drug-likeness (QED) is 0.748. The van der Waals surface area contributed by atoms with Gasteiger partial charge in [0.25, 0.3) is 5.91 Å². The van der Waals surface area contributed by atoms with E-state index in [4.69, 9.17) is 0 Å². The fraction of sp³-hybridized carbons (Fsp3) is 0.273. The van der Waals surface area contributed by atoms with Crippen molar-refractivity contribution in [2.45, 2.75) is 19.1 Å². The molecule has 1 aliphatic heterocycles. The average Bonchev–Trinajstić information content (AvgIpc) is 2.30. The first-order chi connectivity index (χ1) is 7.29. The zero-order valence-corrected chi connectivity index (χ0v) is 8.21. The van der Waals surface area contributed by atoms with E-state index in [0.717, 1.165) is 5.01 Å². The summed E-state index contributed by atoms with van der Waals surface area (Å²) in [5, 5.41) is 14.6. The Kier molecular flexibility index (Phi) is 2.78. The second-order valence-corrected chi connectivity index (χ2v) is 3.37. The lowest BCUT2D eigenvalue weighted by atomic mass is 10.2. The van der Waals surface area contributed by atoms with Gasteiger partial charge in [0, 0.05) is 11.8 Å². The van der Waals surface area contributed by atoms with Gasteiger partial charge in [-0.15, -0.1) is 0 Å². The zero-order chi connectivity index (χ0) is 10.7. The number of hydrazone groups is 1. The second-order valence-electron chi connectivity index (χ2n) is 3.37. The van der Waals surface area contributed by atoms with E-state index in [1.54, 1.807) is 30.5 Å². The summed E-state index contributed by atoms with van der Waals surface area (Å²) < 4.78 is 0. The Morgan fingerprint density at radius 2 is 2.13 bits per heavy atom. The standard InChI is InChI=1S/C11H12N2O2/c14-10-7-4-8-12-13(10)11(15)9-5-2-1-3-6-9/h1-3,5-6,8,10,14H,4,7H2/t10-/m0/s1. The molecular weight excluding hydrogens is 192 g/mol. The van der Waals surface area contributed by atoms with E-state index in [2.05, 4.69) is 5.10 Å². The van der Waals surface area contributed by atoms with E-state index in [1.807, 2.05) is 6.07 Å². The predicted octanol–water partition coefficient (Wildman–Crippen LogP) is 1.23. The molecule has 0 fully saturated rings. The maximum absolute atomic E-state index is 11.9. The van der Waals surface area contributed by atoms with Crippen molar-refractivity contribution < 1.29 is 9.90 Å². The van der Waals surface area contributed by atoms with Gasteiger partial charge in [0.05, 0.1) is 0 Å². The molecule has 1 aromatic carbocycles. The summed E-state index contributed by atoms with van der Waals surface area (Å²) in [6, 6.07) is 8.82. The minimum Gasteiger partial charge on any atom is -0.372 e. The predicted molar refractivity (Wildman–Crippen MR) is 56.3 cm³/mol.